The zero-order valence-corrected chi connectivity index (χ0v) is 17.2. The number of nitrogens with one attached hydrogen (secondary N) is 3. The van der Waals surface area contributed by atoms with Crippen molar-refractivity contribution in [3.63, 3.8) is 0 Å². The summed E-state index contributed by atoms with van der Waals surface area (Å²) in [6, 6.07) is 5.21. The van der Waals surface area contributed by atoms with Crippen LogP contribution in [0.15, 0.2) is 22.5 Å². The Morgan fingerprint density at radius 1 is 1.10 bits per heavy atom. The molecule has 11 heteroatoms. The lowest BCUT2D eigenvalue weighted by atomic mass is 9.96. The van der Waals surface area contributed by atoms with E-state index in [4.69, 9.17) is 9.47 Å². The lowest BCUT2D eigenvalue weighted by molar-refractivity contribution is -0.113. The second kappa shape index (κ2) is 9.31. The Hall–Kier alpha value is -2.53. The number of anilines is 2. The van der Waals surface area contributed by atoms with Crippen LogP contribution in [0.5, 0.6) is 11.5 Å². The zero-order chi connectivity index (χ0) is 20.1. The number of fused-ring (bicyclic) bond motifs is 1. The Balaban J connectivity index is 1.21. The van der Waals surface area contributed by atoms with Gasteiger partial charge in [-0.05, 0) is 25.0 Å². The second-order valence-corrected chi connectivity index (χ2v) is 8.91. The quantitative estimate of drug-likeness (QED) is 0.470. The van der Waals surface area contributed by atoms with Gasteiger partial charge in [0.25, 0.3) is 0 Å². The third-order valence-corrected chi connectivity index (χ3v) is 6.52. The number of benzene rings is 1. The first-order chi connectivity index (χ1) is 14.2. The van der Waals surface area contributed by atoms with Crippen LogP contribution in [0.4, 0.5) is 15.6 Å². The van der Waals surface area contributed by atoms with Crippen LogP contribution in [-0.2, 0) is 4.79 Å². The maximum atomic E-state index is 12.2. The Morgan fingerprint density at radius 3 is 2.79 bits per heavy atom. The second-order valence-electron chi connectivity index (χ2n) is 6.71. The van der Waals surface area contributed by atoms with E-state index in [1.807, 2.05) is 0 Å². The molecule has 2 aliphatic rings. The molecule has 4 rings (SSSR count). The smallest absolute Gasteiger partial charge is 0.321 e. The lowest BCUT2D eigenvalue weighted by Gasteiger charge is -2.22. The van der Waals surface area contributed by atoms with Crippen LogP contribution in [0.1, 0.15) is 32.1 Å². The van der Waals surface area contributed by atoms with E-state index in [2.05, 4.69) is 26.1 Å². The minimum Gasteiger partial charge on any atom is -0.454 e. The van der Waals surface area contributed by atoms with Gasteiger partial charge in [-0.25, -0.2) is 4.79 Å². The Bertz CT molecular complexity index is 885. The predicted molar refractivity (Wildman–Crippen MR) is 111 cm³/mol. The summed E-state index contributed by atoms with van der Waals surface area (Å²) in [7, 11) is 0. The molecule has 0 saturated heterocycles. The molecule has 0 atom stereocenters. The molecule has 0 bridgehead atoms. The van der Waals surface area contributed by atoms with Crippen LogP contribution in [0.2, 0.25) is 0 Å². The number of amides is 3. The first-order valence-corrected chi connectivity index (χ1v) is 11.2. The number of aromatic nitrogens is 2. The molecular weight excluding hydrogens is 414 g/mol. The molecule has 3 amide bonds. The number of thioether (sulfide) groups is 1. The summed E-state index contributed by atoms with van der Waals surface area (Å²) in [6.07, 6.45) is 5.57. The summed E-state index contributed by atoms with van der Waals surface area (Å²) < 4.78 is 11.2. The van der Waals surface area contributed by atoms with Crippen LogP contribution in [0.3, 0.4) is 0 Å². The SMILES string of the molecule is O=C(CSc1nnc(NC(=O)NC2CCCCC2)s1)Nc1ccc2c(c1)OCO2. The van der Waals surface area contributed by atoms with Crippen LogP contribution in [0.25, 0.3) is 0 Å². The fourth-order valence-corrected chi connectivity index (χ4v) is 4.73. The van der Waals surface area contributed by atoms with Gasteiger partial charge in [-0.15, -0.1) is 10.2 Å². The molecule has 1 fully saturated rings. The van der Waals surface area contributed by atoms with E-state index in [1.165, 1.54) is 29.5 Å². The molecule has 1 aromatic carbocycles. The predicted octanol–water partition coefficient (Wildman–Crippen LogP) is 3.45. The standard InChI is InChI=1S/C18H21N5O4S2/c24-15(19-12-6-7-13-14(8-12)27-10-26-13)9-28-18-23-22-17(29-18)21-16(25)20-11-4-2-1-3-5-11/h6-8,11H,1-5,9-10H2,(H,19,24)(H2,20,21,22,25). The van der Waals surface area contributed by atoms with Gasteiger partial charge in [0.1, 0.15) is 0 Å². The van der Waals surface area contributed by atoms with Crippen LogP contribution >= 0.6 is 23.1 Å². The van der Waals surface area contributed by atoms with Crippen molar-refractivity contribution in [2.45, 2.75) is 42.5 Å². The van der Waals surface area contributed by atoms with E-state index in [-0.39, 0.29) is 30.5 Å². The molecule has 0 spiro atoms. The topological polar surface area (TPSA) is 114 Å². The number of urea groups is 1. The van der Waals surface area contributed by atoms with Crippen molar-refractivity contribution in [1.29, 1.82) is 0 Å². The molecule has 0 unspecified atom stereocenters. The maximum Gasteiger partial charge on any atom is 0.321 e. The summed E-state index contributed by atoms with van der Waals surface area (Å²) in [5, 5.41) is 16.9. The van der Waals surface area contributed by atoms with Gasteiger partial charge in [0.2, 0.25) is 17.8 Å². The van der Waals surface area contributed by atoms with Crippen molar-refractivity contribution in [1.82, 2.24) is 15.5 Å². The molecule has 3 N–H and O–H groups in total. The van der Waals surface area contributed by atoms with Gasteiger partial charge >= 0.3 is 6.03 Å². The Kier molecular flexibility index (Phi) is 6.35. The molecular formula is C18H21N5O4S2. The van der Waals surface area contributed by atoms with Gasteiger partial charge in [0.05, 0.1) is 5.75 Å². The fraction of sp³-hybridized carbons (Fsp3) is 0.444. The van der Waals surface area contributed by atoms with Crippen molar-refractivity contribution < 1.29 is 19.1 Å². The lowest BCUT2D eigenvalue weighted by Crippen LogP contribution is -2.38. The highest BCUT2D eigenvalue weighted by molar-refractivity contribution is 8.01. The molecule has 2 heterocycles. The average Bonchev–Trinajstić information content (AvgIpc) is 3.36. The average molecular weight is 436 g/mol. The van der Waals surface area contributed by atoms with Gasteiger partial charge in [-0.1, -0.05) is 42.4 Å². The first-order valence-electron chi connectivity index (χ1n) is 9.39. The highest BCUT2D eigenvalue weighted by Gasteiger charge is 2.17. The van der Waals surface area contributed by atoms with Crippen LogP contribution in [0, 0.1) is 0 Å². The monoisotopic (exact) mass is 435 g/mol. The normalized spacial score (nSPS) is 15.7. The maximum absolute atomic E-state index is 12.2. The molecule has 0 radical (unpaired) electrons. The summed E-state index contributed by atoms with van der Waals surface area (Å²) >= 11 is 2.50. The molecule has 29 heavy (non-hydrogen) atoms. The van der Waals surface area contributed by atoms with Gasteiger partial charge in [-0.3, -0.25) is 10.1 Å². The number of hydrogen-bond donors (Lipinski definition) is 3. The minimum atomic E-state index is -0.259. The van der Waals surface area contributed by atoms with Crippen molar-refractivity contribution in [3.8, 4) is 11.5 Å². The molecule has 1 aromatic heterocycles. The number of carbonyl (C=O) groups is 2. The van der Waals surface area contributed by atoms with Gasteiger partial charge in [0, 0.05) is 17.8 Å². The molecule has 154 valence electrons. The highest BCUT2D eigenvalue weighted by atomic mass is 32.2. The summed E-state index contributed by atoms with van der Waals surface area (Å²) in [5.74, 6) is 1.28. The van der Waals surface area contributed by atoms with E-state index in [1.54, 1.807) is 18.2 Å². The van der Waals surface area contributed by atoms with E-state index < -0.39 is 0 Å². The number of carbonyl (C=O) groups excluding carboxylic acids is 2. The van der Waals surface area contributed by atoms with Crippen molar-refractivity contribution in [2.75, 3.05) is 23.2 Å². The largest absolute Gasteiger partial charge is 0.454 e. The molecule has 1 aliphatic heterocycles. The van der Waals surface area contributed by atoms with Crippen molar-refractivity contribution >= 4 is 45.9 Å². The van der Waals surface area contributed by atoms with Crippen molar-refractivity contribution in [2.24, 2.45) is 0 Å². The number of nitrogens with zero attached hydrogens (tertiary/aromatic N) is 2. The number of ether oxygens (including phenoxy) is 2. The molecule has 1 saturated carbocycles. The third-order valence-electron chi connectivity index (χ3n) is 4.55. The summed E-state index contributed by atoms with van der Waals surface area (Å²) in [5.41, 5.74) is 0.638. The third kappa shape index (κ3) is 5.51. The Morgan fingerprint density at radius 2 is 1.93 bits per heavy atom. The van der Waals surface area contributed by atoms with E-state index in [0.717, 1.165) is 25.7 Å². The van der Waals surface area contributed by atoms with Gasteiger partial charge in [-0.2, -0.15) is 0 Å². The van der Waals surface area contributed by atoms with Crippen molar-refractivity contribution in [3.05, 3.63) is 18.2 Å². The minimum absolute atomic E-state index is 0.173. The highest BCUT2D eigenvalue weighted by Crippen LogP contribution is 2.34. The van der Waals surface area contributed by atoms with E-state index in [9.17, 15) is 9.59 Å². The fourth-order valence-electron chi connectivity index (χ4n) is 3.18. The summed E-state index contributed by atoms with van der Waals surface area (Å²) in [4.78, 5) is 24.2. The van der Waals surface area contributed by atoms with E-state index in [0.29, 0.717) is 26.7 Å². The Labute approximate surface area is 175 Å². The van der Waals surface area contributed by atoms with E-state index >= 15 is 0 Å². The zero-order valence-electron chi connectivity index (χ0n) is 15.6. The summed E-state index contributed by atoms with van der Waals surface area (Å²) in [6.45, 7) is 0.189. The first kappa shape index (κ1) is 19.8. The number of hydrogen-bond acceptors (Lipinski definition) is 8. The van der Waals surface area contributed by atoms with Gasteiger partial charge < -0.3 is 20.1 Å². The number of rotatable bonds is 6. The molecule has 2 aromatic rings. The molecule has 1 aliphatic carbocycles. The van der Waals surface area contributed by atoms with Crippen LogP contribution in [-0.4, -0.2) is 40.7 Å². The van der Waals surface area contributed by atoms with Crippen LogP contribution < -0.4 is 25.4 Å². The van der Waals surface area contributed by atoms with Gasteiger partial charge in [0.15, 0.2) is 15.8 Å². The molecule has 9 nitrogen and oxygen atoms in total.